The number of para-hydroxylation sites is 1. The van der Waals surface area contributed by atoms with Crippen molar-refractivity contribution in [2.24, 2.45) is 0 Å². The Balaban J connectivity index is 1.43. The molecule has 9 nitrogen and oxygen atoms in total. The minimum atomic E-state index is -0.451. The molecule has 0 aliphatic heterocycles. The Morgan fingerprint density at radius 2 is 1.69 bits per heavy atom. The average molecular weight is 538 g/mol. The fourth-order valence-electron chi connectivity index (χ4n) is 3.90. The van der Waals surface area contributed by atoms with Crippen molar-refractivity contribution in [3.8, 4) is 16.9 Å². The maximum atomic E-state index is 13.4. The van der Waals surface area contributed by atoms with Gasteiger partial charge in [0.15, 0.2) is 5.69 Å². The number of amides is 2. The number of halogens is 1. The third kappa shape index (κ3) is 5.94. The van der Waals surface area contributed by atoms with E-state index in [2.05, 4.69) is 31.0 Å². The summed E-state index contributed by atoms with van der Waals surface area (Å²) in [7, 11) is 1.79. The smallest absolute Gasteiger partial charge is 0.272 e. The number of hydrogen-bond donors (Lipinski definition) is 3. The van der Waals surface area contributed by atoms with Crippen molar-refractivity contribution in [2.75, 3.05) is 17.7 Å². The summed E-state index contributed by atoms with van der Waals surface area (Å²) < 4.78 is 1.51. The average Bonchev–Trinajstić information content (AvgIpc) is 3.41. The van der Waals surface area contributed by atoms with E-state index in [0.717, 1.165) is 11.1 Å². The molecule has 3 heterocycles. The number of rotatable bonds is 8. The molecule has 0 saturated heterocycles. The molecule has 0 bridgehead atoms. The van der Waals surface area contributed by atoms with Gasteiger partial charge in [0.1, 0.15) is 11.6 Å². The number of benzene rings is 2. The van der Waals surface area contributed by atoms with Gasteiger partial charge in [0.25, 0.3) is 11.8 Å². The molecule has 3 N–H and O–H groups in total. The van der Waals surface area contributed by atoms with Gasteiger partial charge in [-0.1, -0.05) is 41.9 Å². The van der Waals surface area contributed by atoms with Crippen LogP contribution in [0.15, 0.2) is 97.3 Å². The van der Waals surface area contributed by atoms with Crippen LogP contribution in [-0.4, -0.2) is 38.6 Å². The van der Waals surface area contributed by atoms with E-state index in [0.29, 0.717) is 29.6 Å². The summed E-state index contributed by atoms with van der Waals surface area (Å²) in [5, 5.41) is 13.5. The second kappa shape index (κ2) is 11.6. The molecule has 5 rings (SSSR count). The minimum absolute atomic E-state index is 0.149. The number of aromatic nitrogens is 4. The lowest BCUT2D eigenvalue weighted by molar-refractivity contribution is 0.0944. The molecule has 0 unspecified atom stereocenters. The van der Waals surface area contributed by atoms with Gasteiger partial charge in [0, 0.05) is 37.6 Å². The molecule has 0 saturated carbocycles. The van der Waals surface area contributed by atoms with Gasteiger partial charge in [0.05, 0.1) is 22.0 Å². The van der Waals surface area contributed by atoms with Gasteiger partial charge in [-0.3, -0.25) is 14.6 Å². The van der Waals surface area contributed by atoms with Crippen molar-refractivity contribution in [2.45, 2.75) is 6.54 Å². The Hall–Kier alpha value is -5.02. The molecular weight excluding hydrogens is 514 g/mol. The summed E-state index contributed by atoms with van der Waals surface area (Å²) in [5.74, 6) is 0.187. The minimum Gasteiger partial charge on any atom is -0.373 e. The maximum Gasteiger partial charge on any atom is 0.272 e. The van der Waals surface area contributed by atoms with E-state index in [9.17, 15) is 9.59 Å². The first-order chi connectivity index (χ1) is 19.0. The van der Waals surface area contributed by atoms with E-state index >= 15 is 0 Å². The molecule has 0 aliphatic carbocycles. The van der Waals surface area contributed by atoms with Crippen LogP contribution in [0.25, 0.3) is 16.9 Å². The van der Waals surface area contributed by atoms with E-state index < -0.39 is 5.91 Å². The fourth-order valence-corrected chi connectivity index (χ4v) is 4.10. The first-order valence-corrected chi connectivity index (χ1v) is 12.5. The van der Waals surface area contributed by atoms with E-state index in [1.807, 2.05) is 60.7 Å². The van der Waals surface area contributed by atoms with E-state index in [1.165, 1.54) is 10.7 Å². The molecule has 0 fully saturated rings. The lowest BCUT2D eigenvalue weighted by atomic mass is 10.1. The van der Waals surface area contributed by atoms with E-state index in [-0.39, 0.29) is 22.2 Å². The zero-order valence-corrected chi connectivity index (χ0v) is 21.7. The number of nitrogens with one attached hydrogen (secondary N) is 3. The molecule has 10 heteroatoms. The Morgan fingerprint density at radius 3 is 2.46 bits per heavy atom. The van der Waals surface area contributed by atoms with Crippen LogP contribution in [0.5, 0.6) is 0 Å². The molecule has 0 aliphatic rings. The molecule has 2 aromatic carbocycles. The normalized spacial score (nSPS) is 10.6. The second-order valence-corrected chi connectivity index (χ2v) is 8.91. The van der Waals surface area contributed by atoms with Crippen molar-refractivity contribution in [1.82, 2.24) is 25.1 Å². The van der Waals surface area contributed by atoms with Crippen molar-refractivity contribution < 1.29 is 9.59 Å². The summed E-state index contributed by atoms with van der Waals surface area (Å²) >= 11 is 6.43. The predicted molar refractivity (Wildman–Crippen MR) is 151 cm³/mol. The third-order valence-electron chi connectivity index (χ3n) is 5.90. The quantitative estimate of drug-likeness (QED) is 0.250. The SMILES string of the molecule is CNc1cccc(-c2ccc(Cl)c(C(=O)Nc3cc(C(=O)NCc4ccncc4)nn3-c3ccccc3)c2)n1. The highest BCUT2D eigenvalue weighted by Gasteiger charge is 2.20. The van der Waals surface area contributed by atoms with Gasteiger partial charge >= 0.3 is 0 Å². The molecule has 3 aromatic heterocycles. The second-order valence-electron chi connectivity index (χ2n) is 8.51. The van der Waals surface area contributed by atoms with Crippen molar-refractivity contribution >= 4 is 35.1 Å². The standard InChI is InChI=1S/C29H24ClN7O2/c1-31-26-9-5-8-24(34-26)20-10-11-23(30)22(16-20)28(38)35-27-17-25(36-37(27)21-6-3-2-4-7-21)29(39)33-18-19-12-14-32-15-13-19/h2-17H,18H2,1H3,(H,31,34)(H,33,39)(H,35,38). The molecular formula is C29H24ClN7O2. The van der Waals surface area contributed by atoms with Crippen LogP contribution < -0.4 is 16.0 Å². The number of nitrogens with zero attached hydrogens (tertiary/aromatic N) is 4. The highest BCUT2D eigenvalue weighted by atomic mass is 35.5. The molecule has 194 valence electrons. The van der Waals surface area contributed by atoms with Gasteiger partial charge in [-0.15, -0.1) is 0 Å². The Morgan fingerprint density at radius 1 is 0.897 bits per heavy atom. The summed E-state index contributed by atoms with van der Waals surface area (Å²) in [6.45, 7) is 0.312. The molecule has 0 radical (unpaired) electrons. The number of pyridine rings is 2. The summed E-state index contributed by atoms with van der Waals surface area (Å²) in [6.07, 6.45) is 3.32. The molecule has 39 heavy (non-hydrogen) atoms. The highest BCUT2D eigenvalue weighted by molar-refractivity contribution is 6.34. The van der Waals surface area contributed by atoms with Crippen molar-refractivity contribution in [3.05, 3.63) is 119 Å². The van der Waals surface area contributed by atoms with Crippen molar-refractivity contribution in [1.29, 1.82) is 0 Å². The molecule has 0 atom stereocenters. The molecule has 0 spiro atoms. The van der Waals surface area contributed by atoms with Gasteiger partial charge in [-0.25, -0.2) is 9.67 Å². The lowest BCUT2D eigenvalue weighted by Gasteiger charge is -2.11. The first-order valence-electron chi connectivity index (χ1n) is 12.1. The largest absolute Gasteiger partial charge is 0.373 e. The van der Waals surface area contributed by atoms with Crippen LogP contribution in [0.1, 0.15) is 26.4 Å². The summed E-state index contributed by atoms with van der Waals surface area (Å²) in [6, 6.07) is 25.1. The van der Waals surface area contributed by atoms with E-state index in [4.69, 9.17) is 11.6 Å². The van der Waals surface area contributed by atoms with Crippen LogP contribution in [0.2, 0.25) is 5.02 Å². The van der Waals surface area contributed by atoms with Crippen LogP contribution in [0, 0.1) is 0 Å². The van der Waals surface area contributed by atoms with Gasteiger partial charge in [-0.2, -0.15) is 5.10 Å². The third-order valence-corrected chi connectivity index (χ3v) is 6.23. The zero-order chi connectivity index (χ0) is 27.2. The zero-order valence-electron chi connectivity index (χ0n) is 20.9. The van der Waals surface area contributed by atoms with E-state index in [1.54, 1.807) is 37.6 Å². The monoisotopic (exact) mass is 537 g/mol. The summed E-state index contributed by atoms with van der Waals surface area (Å²) in [4.78, 5) is 34.9. The molecule has 5 aromatic rings. The first kappa shape index (κ1) is 25.6. The Kier molecular flexibility index (Phi) is 7.60. The Labute approximate surface area is 229 Å². The maximum absolute atomic E-state index is 13.4. The fraction of sp³-hybridized carbons (Fsp3) is 0.0690. The predicted octanol–water partition coefficient (Wildman–Crippen LogP) is 5.21. The van der Waals surface area contributed by atoms with Crippen LogP contribution in [0.3, 0.4) is 0 Å². The number of carbonyl (C=O) groups is 2. The number of anilines is 2. The number of carbonyl (C=O) groups excluding carboxylic acids is 2. The number of hydrogen-bond acceptors (Lipinski definition) is 6. The van der Waals surface area contributed by atoms with Crippen molar-refractivity contribution in [3.63, 3.8) is 0 Å². The topological polar surface area (TPSA) is 114 Å². The van der Waals surface area contributed by atoms with Gasteiger partial charge < -0.3 is 16.0 Å². The lowest BCUT2D eigenvalue weighted by Crippen LogP contribution is -2.23. The molecule has 2 amide bonds. The van der Waals surface area contributed by atoms with Crippen LogP contribution in [-0.2, 0) is 6.54 Å². The Bertz CT molecular complexity index is 1620. The summed E-state index contributed by atoms with van der Waals surface area (Å²) in [5.41, 5.74) is 3.41. The highest BCUT2D eigenvalue weighted by Crippen LogP contribution is 2.26. The van der Waals surface area contributed by atoms with Crippen LogP contribution >= 0.6 is 11.6 Å². The van der Waals surface area contributed by atoms with Crippen LogP contribution in [0.4, 0.5) is 11.6 Å². The van der Waals surface area contributed by atoms with Gasteiger partial charge in [-0.05, 0) is 54.1 Å². The van der Waals surface area contributed by atoms with Gasteiger partial charge in [0.2, 0.25) is 0 Å².